The molecular weight excluding hydrogens is 288 g/mol. The van der Waals surface area contributed by atoms with E-state index in [9.17, 15) is 5.11 Å². The minimum Gasteiger partial charge on any atom is -0.484 e. The second-order valence-electron chi connectivity index (χ2n) is 5.62. The molecule has 0 amide bonds. The number of thioether (sulfide) groups is 1. The van der Waals surface area contributed by atoms with E-state index >= 15 is 0 Å². The molecule has 5 nitrogen and oxygen atoms in total. The summed E-state index contributed by atoms with van der Waals surface area (Å²) in [5.74, 6) is 1.74. The zero-order valence-corrected chi connectivity index (χ0v) is 13.5. The molecule has 0 atom stereocenters. The first-order valence-electron chi connectivity index (χ1n) is 6.71. The summed E-state index contributed by atoms with van der Waals surface area (Å²) >= 11 is 1.33. The molecule has 0 radical (unpaired) electrons. The minimum atomic E-state index is -0.769. The molecule has 0 bridgehead atoms. The van der Waals surface area contributed by atoms with E-state index in [2.05, 4.69) is 10.2 Å². The number of rotatable bonds is 6. The number of aromatic nitrogens is 2. The predicted molar refractivity (Wildman–Crippen MR) is 81.6 cm³/mol. The monoisotopic (exact) mass is 308 g/mol. The van der Waals surface area contributed by atoms with Gasteiger partial charge in [0.15, 0.2) is 6.61 Å². The molecule has 0 saturated heterocycles. The largest absolute Gasteiger partial charge is 0.484 e. The minimum absolute atomic E-state index is 0.236. The molecule has 1 heterocycles. The molecule has 6 heteroatoms. The number of nitrogens with zero attached hydrogens (tertiary/aromatic N) is 2. The van der Waals surface area contributed by atoms with Gasteiger partial charge in [-0.2, -0.15) is 0 Å². The van der Waals surface area contributed by atoms with Crippen LogP contribution in [0.4, 0.5) is 0 Å². The van der Waals surface area contributed by atoms with Gasteiger partial charge in [0.2, 0.25) is 0 Å². The average molecular weight is 308 g/mol. The van der Waals surface area contributed by atoms with E-state index in [4.69, 9.17) is 9.15 Å². The summed E-state index contributed by atoms with van der Waals surface area (Å²) in [7, 11) is 0. The molecule has 1 aromatic carbocycles. The summed E-state index contributed by atoms with van der Waals surface area (Å²) in [5, 5.41) is 18.0. The summed E-state index contributed by atoms with van der Waals surface area (Å²) in [6, 6.07) is 6.04. The molecule has 1 aromatic heterocycles. The Morgan fingerprint density at radius 1 is 1.29 bits per heavy atom. The van der Waals surface area contributed by atoms with Gasteiger partial charge in [0.25, 0.3) is 11.1 Å². The van der Waals surface area contributed by atoms with E-state index in [1.165, 1.54) is 11.8 Å². The van der Waals surface area contributed by atoms with Crippen LogP contribution < -0.4 is 4.74 Å². The zero-order valence-electron chi connectivity index (χ0n) is 12.7. The third-order valence-corrected chi connectivity index (χ3v) is 3.95. The van der Waals surface area contributed by atoms with Crippen LogP contribution in [0, 0.1) is 13.8 Å². The zero-order chi connectivity index (χ0) is 15.5. The quantitative estimate of drug-likeness (QED) is 0.827. The fourth-order valence-electron chi connectivity index (χ4n) is 1.60. The second kappa shape index (κ2) is 6.49. The van der Waals surface area contributed by atoms with Crippen molar-refractivity contribution in [2.45, 2.75) is 45.1 Å². The first-order chi connectivity index (χ1) is 9.83. The SMILES string of the molecule is Cc1ccc(C)c(OCc2nnc(SCC(C)(C)O)o2)c1. The Balaban J connectivity index is 1.92. The van der Waals surface area contributed by atoms with E-state index in [1.54, 1.807) is 13.8 Å². The van der Waals surface area contributed by atoms with Crippen molar-refractivity contribution >= 4 is 11.8 Å². The number of hydrogen-bond donors (Lipinski definition) is 1. The third kappa shape index (κ3) is 5.06. The van der Waals surface area contributed by atoms with E-state index in [-0.39, 0.29) is 6.61 Å². The first kappa shape index (κ1) is 15.9. The molecule has 21 heavy (non-hydrogen) atoms. The summed E-state index contributed by atoms with van der Waals surface area (Å²) in [6.45, 7) is 7.72. The van der Waals surface area contributed by atoms with Crippen LogP contribution in [0.1, 0.15) is 30.9 Å². The van der Waals surface area contributed by atoms with Gasteiger partial charge in [0.05, 0.1) is 5.60 Å². The third-order valence-electron chi connectivity index (χ3n) is 2.69. The van der Waals surface area contributed by atoms with Gasteiger partial charge < -0.3 is 14.3 Å². The summed E-state index contributed by atoms with van der Waals surface area (Å²) in [5.41, 5.74) is 1.44. The highest BCUT2D eigenvalue weighted by Gasteiger charge is 2.16. The summed E-state index contributed by atoms with van der Waals surface area (Å²) in [6.07, 6.45) is 0. The van der Waals surface area contributed by atoms with E-state index < -0.39 is 5.60 Å². The lowest BCUT2D eigenvalue weighted by atomic mass is 10.1. The Morgan fingerprint density at radius 3 is 2.76 bits per heavy atom. The number of aliphatic hydroxyl groups is 1. The van der Waals surface area contributed by atoms with Gasteiger partial charge in [0.1, 0.15) is 5.75 Å². The van der Waals surface area contributed by atoms with E-state index in [0.717, 1.165) is 16.9 Å². The predicted octanol–water partition coefficient (Wildman–Crippen LogP) is 3.13. The van der Waals surface area contributed by atoms with E-state index in [0.29, 0.717) is 16.9 Å². The van der Waals surface area contributed by atoms with Gasteiger partial charge in [-0.25, -0.2) is 0 Å². The lowest BCUT2D eigenvalue weighted by Gasteiger charge is -2.13. The topological polar surface area (TPSA) is 68.4 Å². The Bertz CT molecular complexity index is 605. The number of hydrogen-bond acceptors (Lipinski definition) is 6. The van der Waals surface area contributed by atoms with Crippen molar-refractivity contribution in [3.05, 3.63) is 35.2 Å². The summed E-state index contributed by atoms with van der Waals surface area (Å²) < 4.78 is 11.2. The molecule has 0 aliphatic rings. The molecule has 2 aromatic rings. The number of benzene rings is 1. The normalized spacial score (nSPS) is 11.7. The highest BCUT2D eigenvalue weighted by molar-refractivity contribution is 7.99. The molecule has 0 aliphatic carbocycles. The van der Waals surface area contributed by atoms with Crippen molar-refractivity contribution in [2.75, 3.05) is 5.75 Å². The molecule has 0 saturated carbocycles. The van der Waals surface area contributed by atoms with Crippen LogP contribution in [0.2, 0.25) is 0 Å². The Hall–Kier alpha value is -1.53. The van der Waals surface area contributed by atoms with Crippen LogP contribution in [-0.2, 0) is 6.61 Å². The maximum absolute atomic E-state index is 9.66. The van der Waals surface area contributed by atoms with E-state index in [1.807, 2.05) is 32.0 Å². The average Bonchev–Trinajstić information content (AvgIpc) is 2.85. The van der Waals surface area contributed by atoms with Crippen molar-refractivity contribution in [3.8, 4) is 5.75 Å². The van der Waals surface area contributed by atoms with Crippen LogP contribution in [0.15, 0.2) is 27.8 Å². The van der Waals surface area contributed by atoms with Crippen LogP contribution >= 0.6 is 11.8 Å². The lowest BCUT2D eigenvalue weighted by Crippen LogP contribution is -2.21. The van der Waals surface area contributed by atoms with Gasteiger partial charge in [-0.15, -0.1) is 10.2 Å². The summed E-state index contributed by atoms with van der Waals surface area (Å²) in [4.78, 5) is 0. The van der Waals surface area contributed by atoms with Gasteiger partial charge in [-0.3, -0.25) is 0 Å². The number of aryl methyl sites for hydroxylation is 2. The fourth-order valence-corrected chi connectivity index (χ4v) is 2.33. The first-order valence-corrected chi connectivity index (χ1v) is 7.70. The van der Waals surface area contributed by atoms with Gasteiger partial charge in [-0.05, 0) is 44.9 Å². The van der Waals surface area contributed by atoms with Crippen molar-refractivity contribution in [1.82, 2.24) is 10.2 Å². The fraction of sp³-hybridized carbons (Fsp3) is 0.467. The maximum atomic E-state index is 9.66. The van der Waals surface area contributed by atoms with Crippen LogP contribution in [0.25, 0.3) is 0 Å². The van der Waals surface area contributed by atoms with Crippen LogP contribution in [-0.4, -0.2) is 26.7 Å². The molecule has 2 rings (SSSR count). The lowest BCUT2D eigenvalue weighted by molar-refractivity contribution is 0.106. The van der Waals surface area contributed by atoms with Crippen LogP contribution in [0.3, 0.4) is 0 Å². The van der Waals surface area contributed by atoms with Crippen molar-refractivity contribution in [3.63, 3.8) is 0 Å². The highest BCUT2D eigenvalue weighted by atomic mass is 32.2. The molecule has 0 spiro atoms. The molecule has 1 N–H and O–H groups in total. The second-order valence-corrected chi connectivity index (χ2v) is 6.55. The smallest absolute Gasteiger partial charge is 0.276 e. The van der Waals surface area contributed by atoms with Gasteiger partial charge >= 0.3 is 0 Å². The van der Waals surface area contributed by atoms with Crippen molar-refractivity contribution in [2.24, 2.45) is 0 Å². The molecule has 0 aliphatic heterocycles. The molecular formula is C15H20N2O3S. The van der Waals surface area contributed by atoms with Gasteiger partial charge in [-0.1, -0.05) is 23.9 Å². The molecule has 0 fully saturated rings. The van der Waals surface area contributed by atoms with Crippen molar-refractivity contribution in [1.29, 1.82) is 0 Å². The maximum Gasteiger partial charge on any atom is 0.276 e. The molecule has 114 valence electrons. The Labute approximate surface area is 128 Å². The Morgan fingerprint density at radius 2 is 2.05 bits per heavy atom. The standard InChI is InChI=1S/C15H20N2O3S/c1-10-5-6-11(2)12(7-10)19-8-13-16-17-14(20-13)21-9-15(3,4)18/h5-7,18H,8-9H2,1-4H3. The number of ether oxygens (including phenoxy) is 1. The highest BCUT2D eigenvalue weighted by Crippen LogP contribution is 2.23. The van der Waals surface area contributed by atoms with Gasteiger partial charge in [0, 0.05) is 5.75 Å². The Kier molecular flexibility index (Phi) is 4.90. The molecule has 0 unspecified atom stereocenters. The van der Waals surface area contributed by atoms with Crippen LogP contribution in [0.5, 0.6) is 5.75 Å². The van der Waals surface area contributed by atoms with Crippen molar-refractivity contribution < 1.29 is 14.3 Å².